The Bertz CT molecular complexity index is 1070. The van der Waals surface area contributed by atoms with Gasteiger partial charge in [0.2, 0.25) is 0 Å². The van der Waals surface area contributed by atoms with E-state index in [-0.39, 0.29) is 23.0 Å². The maximum absolute atomic E-state index is 14.0. The van der Waals surface area contributed by atoms with Crippen LogP contribution in [0, 0.1) is 5.82 Å². The van der Waals surface area contributed by atoms with Crippen molar-refractivity contribution in [1.29, 1.82) is 0 Å². The highest BCUT2D eigenvalue weighted by Gasteiger charge is 2.33. The topological polar surface area (TPSA) is 69.3 Å². The molecule has 9 heteroatoms. The van der Waals surface area contributed by atoms with Gasteiger partial charge in [-0.2, -0.15) is 17.0 Å². The number of imidazole rings is 1. The van der Waals surface area contributed by atoms with Gasteiger partial charge in [-0.1, -0.05) is 29.8 Å². The van der Waals surface area contributed by atoms with Gasteiger partial charge in [-0.25, -0.2) is 9.37 Å². The molecule has 29 heavy (non-hydrogen) atoms. The number of aromatic nitrogens is 2. The van der Waals surface area contributed by atoms with Gasteiger partial charge in [0.15, 0.2) is 0 Å². The Morgan fingerprint density at radius 3 is 2.62 bits per heavy atom. The van der Waals surface area contributed by atoms with Crippen LogP contribution in [-0.4, -0.2) is 47.1 Å². The van der Waals surface area contributed by atoms with Crippen LogP contribution < -0.4 is 0 Å². The number of hydrogen-bond acceptors (Lipinski definition) is 3. The highest BCUT2D eigenvalue weighted by molar-refractivity contribution is 7.86. The number of nitrogens with zero attached hydrogens (tertiary/aromatic N) is 3. The van der Waals surface area contributed by atoms with Crippen molar-refractivity contribution in [2.75, 3.05) is 20.1 Å². The zero-order chi connectivity index (χ0) is 20.6. The second-order valence-electron chi connectivity index (χ2n) is 7.28. The van der Waals surface area contributed by atoms with Gasteiger partial charge in [-0.15, -0.1) is 0 Å². The molecule has 3 aromatic rings. The molecule has 0 amide bonds. The largest absolute Gasteiger partial charge is 0.342 e. The molecule has 0 atom stereocenters. The Labute approximate surface area is 174 Å². The van der Waals surface area contributed by atoms with Crippen molar-refractivity contribution in [2.45, 2.75) is 25.3 Å². The monoisotopic (exact) mass is 436 g/mol. The standard InChI is InChI=1S/C20H22ClFN4O2S/c1-25(13-15-16(21)5-4-6-17(15)22)29(27,28)26-11-9-14(10-12-26)20-23-18-7-2-3-8-19(18)24-20/h2-8,14H,9-13H2,1H3,(H,23,24). The Kier molecular flexibility index (Phi) is 5.61. The summed E-state index contributed by atoms with van der Waals surface area (Å²) in [5.41, 5.74) is 2.08. The number of halogens is 2. The SMILES string of the molecule is CN(Cc1c(F)cccc1Cl)S(=O)(=O)N1CCC(c2nc3ccccc3[nH]2)CC1. The van der Waals surface area contributed by atoms with Crippen LogP contribution in [0.4, 0.5) is 4.39 Å². The summed E-state index contributed by atoms with van der Waals surface area (Å²) in [6.45, 7) is 0.663. The first-order valence-corrected chi connectivity index (χ1v) is 11.2. The van der Waals surface area contributed by atoms with E-state index in [1.165, 1.54) is 23.5 Å². The Balaban J connectivity index is 1.44. The minimum atomic E-state index is -3.71. The van der Waals surface area contributed by atoms with E-state index in [4.69, 9.17) is 11.6 Å². The average molecular weight is 437 g/mol. The third-order valence-corrected chi connectivity index (χ3v) is 7.70. The molecule has 1 saturated heterocycles. The van der Waals surface area contributed by atoms with Gasteiger partial charge in [-0.05, 0) is 37.1 Å². The first-order valence-electron chi connectivity index (χ1n) is 9.45. The predicted molar refractivity (Wildman–Crippen MR) is 111 cm³/mol. The Hall–Kier alpha value is -2.00. The maximum Gasteiger partial charge on any atom is 0.282 e. The lowest BCUT2D eigenvalue weighted by Gasteiger charge is -2.33. The number of fused-ring (bicyclic) bond motifs is 1. The van der Waals surface area contributed by atoms with Crippen molar-refractivity contribution in [3.8, 4) is 0 Å². The summed E-state index contributed by atoms with van der Waals surface area (Å²) in [7, 11) is -2.27. The maximum atomic E-state index is 14.0. The first-order chi connectivity index (χ1) is 13.9. The van der Waals surface area contributed by atoms with E-state index in [0.717, 1.165) is 21.2 Å². The quantitative estimate of drug-likeness (QED) is 0.659. The third kappa shape index (κ3) is 4.02. The molecule has 2 aromatic carbocycles. The minimum absolute atomic E-state index is 0.114. The summed E-state index contributed by atoms with van der Waals surface area (Å²) in [6, 6.07) is 12.2. The average Bonchev–Trinajstić information content (AvgIpc) is 3.15. The van der Waals surface area contributed by atoms with Crippen molar-refractivity contribution in [3.63, 3.8) is 0 Å². The summed E-state index contributed by atoms with van der Waals surface area (Å²) in [5.74, 6) is 0.568. The highest BCUT2D eigenvalue weighted by Crippen LogP contribution is 2.30. The number of aromatic amines is 1. The van der Waals surface area contributed by atoms with E-state index >= 15 is 0 Å². The second-order valence-corrected chi connectivity index (χ2v) is 9.72. The van der Waals surface area contributed by atoms with E-state index in [0.29, 0.717) is 25.9 Å². The van der Waals surface area contributed by atoms with Crippen LogP contribution in [0.15, 0.2) is 42.5 Å². The minimum Gasteiger partial charge on any atom is -0.342 e. The number of nitrogens with one attached hydrogen (secondary N) is 1. The molecule has 1 N–H and O–H groups in total. The van der Waals surface area contributed by atoms with Crippen molar-refractivity contribution in [2.24, 2.45) is 0 Å². The fourth-order valence-electron chi connectivity index (χ4n) is 3.71. The van der Waals surface area contributed by atoms with Crippen molar-refractivity contribution in [3.05, 3.63) is 64.7 Å². The van der Waals surface area contributed by atoms with Gasteiger partial charge < -0.3 is 4.98 Å². The molecule has 0 spiro atoms. The van der Waals surface area contributed by atoms with Crippen LogP contribution in [0.1, 0.15) is 30.1 Å². The molecule has 0 saturated carbocycles. The van der Waals surface area contributed by atoms with Crippen molar-refractivity contribution < 1.29 is 12.8 Å². The Morgan fingerprint density at radius 2 is 1.93 bits per heavy atom. The Morgan fingerprint density at radius 1 is 1.21 bits per heavy atom. The zero-order valence-corrected chi connectivity index (χ0v) is 17.5. The third-order valence-electron chi connectivity index (χ3n) is 5.41. The lowest BCUT2D eigenvalue weighted by molar-refractivity contribution is 0.290. The van der Waals surface area contributed by atoms with E-state index in [1.54, 1.807) is 6.07 Å². The molecule has 0 aliphatic carbocycles. The van der Waals surface area contributed by atoms with Gasteiger partial charge in [-0.3, -0.25) is 0 Å². The molecule has 1 fully saturated rings. The highest BCUT2D eigenvalue weighted by atomic mass is 35.5. The van der Waals surface area contributed by atoms with E-state index in [2.05, 4.69) is 9.97 Å². The van der Waals surface area contributed by atoms with Crippen LogP contribution >= 0.6 is 11.6 Å². The summed E-state index contributed by atoms with van der Waals surface area (Å²) in [4.78, 5) is 7.98. The molecule has 1 aromatic heterocycles. The molecule has 0 bridgehead atoms. The summed E-state index contributed by atoms with van der Waals surface area (Å²) < 4.78 is 42.6. The summed E-state index contributed by atoms with van der Waals surface area (Å²) >= 11 is 6.04. The van der Waals surface area contributed by atoms with Gasteiger partial charge in [0.05, 0.1) is 11.0 Å². The zero-order valence-electron chi connectivity index (χ0n) is 16.0. The molecule has 1 aliphatic rings. The number of benzene rings is 2. The summed E-state index contributed by atoms with van der Waals surface area (Å²) in [6.07, 6.45) is 1.35. The fraction of sp³-hybridized carbons (Fsp3) is 0.350. The van der Waals surface area contributed by atoms with Crippen LogP contribution in [0.5, 0.6) is 0 Å². The van der Waals surface area contributed by atoms with Crippen molar-refractivity contribution >= 4 is 32.8 Å². The van der Waals surface area contributed by atoms with Crippen LogP contribution in [0.3, 0.4) is 0 Å². The van der Waals surface area contributed by atoms with Gasteiger partial charge in [0.1, 0.15) is 11.6 Å². The van der Waals surface area contributed by atoms with E-state index in [9.17, 15) is 12.8 Å². The van der Waals surface area contributed by atoms with Gasteiger partial charge in [0, 0.05) is 43.2 Å². The van der Waals surface area contributed by atoms with Gasteiger partial charge in [0.25, 0.3) is 10.2 Å². The molecule has 0 unspecified atom stereocenters. The van der Waals surface area contributed by atoms with E-state index < -0.39 is 16.0 Å². The molecule has 154 valence electrons. The fourth-order valence-corrected chi connectivity index (χ4v) is 5.29. The lowest BCUT2D eigenvalue weighted by Crippen LogP contribution is -2.45. The molecule has 2 heterocycles. The number of piperidine rings is 1. The number of para-hydroxylation sites is 2. The molecular formula is C20H22ClFN4O2S. The molecular weight excluding hydrogens is 415 g/mol. The molecule has 6 nitrogen and oxygen atoms in total. The number of rotatable bonds is 5. The lowest BCUT2D eigenvalue weighted by atomic mass is 9.97. The van der Waals surface area contributed by atoms with Crippen LogP contribution in [-0.2, 0) is 16.8 Å². The predicted octanol–water partition coefficient (Wildman–Crippen LogP) is 3.91. The smallest absolute Gasteiger partial charge is 0.282 e. The van der Waals surface area contributed by atoms with Crippen LogP contribution in [0.25, 0.3) is 11.0 Å². The summed E-state index contributed by atoms with van der Waals surface area (Å²) in [5, 5.41) is 0.218. The normalized spacial score (nSPS) is 16.7. The van der Waals surface area contributed by atoms with Crippen molar-refractivity contribution in [1.82, 2.24) is 18.6 Å². The molecule has 4 rings (SSSR count). The second kappa shape index (κ2) is 8.02. The van der Waals surface area contributed by atoms with Crippen LogP contribution in [0.2, 0.25) is 5.02 Å². The first kappa shape index (κ1) is 20.3. The van der Waals surface area contributed by atoms with Gasteiger partial charge >= 0.3 is 0 Å². The number of hydrogen-bond donors (Lipinski definition) is 1. The number of H-pyrrole nitrogens is 1. The molecule has 0 radical (unpaired) electrons. The van der Waals surface area contributed by atoms with E-state index in [1.807, 2.05) is 24.3 Å². The molecule has 1 aliphatic heterocycles.